The summed E-state index contributed by atoms with van der Waals surface area (Å²) in [5.41, 5.74) is 0. The standard InChI is InChI=1S/C55H106O6/c1-4-7-10-13-16-19-21-23-25-27-28-30-31-33-36-39-42-45-48-54(57)60-51-52(50-59-53(56)47-44-41-38-35-18-15-12-9-6-3)61-55(58)49-46-43-40-37-34-32-29-26-24-22-20-17-14-11-8-5-2/h52H,4-51H2,1-3H3/t52-/m1/s1. The van der Waals surface area contributed by atoms with Gasteiger partial charge in [-0.25, -0.2) is 0 Å². The highest BCUT2D eigenvalue weighted by molar-refractivity contribution is 5.71. The summed E-state index contributed by atoms with van der Waals surface area (Å²) in [4.78, 5) is 37.9. The second-order valence-electron chi connectivity index (χ2n) is 18.9. The van der Waals surface area contributed by atoms with E-state index in [1.807, 2.05) is 0 Å². The van der Waals surface area contributed by atoms with Crippen molar-refractivity contribution in [2.75, 3.05) is 13.2 Å². The molecule has 6 heteroatoms. The second kappa shape index (κ2) is 51.0. The summed E-state index contributed by atoms with van der Waals surface area (Å²) < 4.78 is 16.8. The molecule has 0 spiro atoms. The summed E-state index contributed by atoms with van der Waals surface area (Å²) in [5, 5.41) is 0. The Hall–Kier alpha value is -1.59. The van der Waals surface area contributed by atoms with Gasteiger partial charge in [0.15, 0.2) is 6.10 Å². The van der Waals surface area contributed by atoms with Crippen LogP contribution in [0.1, 0.15) is 316 Å². The van der Waals surface area contributed by atoms with E-state index in [0.717, 1.165) is 57.8 Å². The molecule has 61 heavy (non-hydrogen) atoms. The average Bonchev–Trinajstić information content (AvgIpc) is 3.26. The zero-order chi connectivity index (χ0) is 44.4. The maximum atomic E-state index is 12.8. The van der Waals surface area contributed by atoms with Crippen molar-refractivity contribution < 1.29 is 28.6 Å². The fourth-order valence-electron chi connectivity index (χ4n) is 8.45. The van der Waals surface area contributed by atoms with Gasteiger partial charge >= 0.3 is 17.9 Å². The van der Waals surface area contributed by atoms with Crippen LogP contribution in [0, 0.1) is 0 Å². The van der Waals surface area contributed by atoms with Gasteiger partial charge in [0.25, 0.3) is 0 Å². The fourth-order valence-corrected chi connectivity index (χ4v) is 8.45. The number of hydrogen-bond acceptors (Lipinski definition) is 6. The molecule has 0 amide bonds. The van der Waals surface area contributed by atoms with Gasteiger partial charge in [0, 0.05) is 19.3 Å². The first-order valence-electron chi connectivity index (χ1n) is 27.5. The van der Waals surface area contributed by atoms with Crippen molar-refractivity contribution in [3.63, 3.8) is 0 Å². The van der Waals surface area contributed by atoms with E-state index in [2.05, 4.69) is 20.8 Å². The van der Waals surface area contributed by atoms with Crippen LogP contribution in [0.25, 0.3) is 0 Å². The van der Waals surface area contributed by atoms with E-state index >= 15 is 0 Å². The molecule has 0 saturated heterocycles. The molecular weight excluding hydrogens is 757 g/mol. The van der Waals surface area contributed by atoms with Crippen LogP contribution in [-0.4, -0.2) is 37.2 Å². The van der Waals surface area contributed by atoms with Crippen molar-refractivity contribution >= 4 is 17.9 Å². The summed E-state index contributed by atoms with van der Waals surface area (Å²) in [6.45, 7) is 6.68. The van der Waals surface area contributed by atoms with E-state index in [4.69, 9.17) is 14.2 Å². The van der Waals surface area contributed by atoms with E-state index in [1.54, 1.807) is 0 Å². The largest absolute Gasteiger partial charge is 0.462 e. The number of carbonyl (C=O) groups excluding carboxylic acids is 3. The Labute approximate surface area is 380 Å². The maximum absolute atomic E-state index is 12.8. The summed E-state index contributed by atoms with van der Waals surface area (Å²) >= 11 is 0. The lowest BCUT2D eigenvalue weighted by Gasteiger charge is -2.18. The highest BCUT2D eigenvalue weighted by Crippen LogP contribution is 2.17. The van der Waals surface area contributed by atoms with E-state index in [-0.39, 0.29) is 31.1 Å². The van der Waals surface area contributed by atoms with Crippen LogP contribution < -0.4 is 0 Å². The smallest absolute Gasteiger partial charge is 0.306 e. The Kier molecular flexibility index (Phi) is 49.7. The van der Waals surface area contributed by atoms with Crippen LogP contribution in [0.2, 0.25) is 0 Å². The van der Waals surface area contributed by atoms with Crippen molar-refractivity contribution in [2.24, 2.45) is 0 Å². The Morgan fingerprint density at radius 3 is 0.656 bits per heavy atom. The number of rotatable bonds is 51. The predicted molar refractivity (Wildman–Crippen MR) is 261 cm³/mol. The van der Waals surface area contributed by atoms with Crippen LogP contribution >= 0.6 is 0 Å². The van der Waals surface area contributed by atoms with Gasteiger partial charge in [0.05, 0.1) is 0 Å². The maximum Gasteiger partial charge on any atom is 0.306 e. The van der Waals surface area contributed by atoms with Crippen LogP contribution in [0.3, 0.4) is 0 Å². The molecule has 0 aromatic rings. The Bertz CT molecular complexity index is 905. The summed E-state index contributed by atoms with van der Waals surface area (Å²) in [5.74, 6) is -0.840. The van der Waals surface area contributed by atoms with Crippen LogP contribution in [0.4, 0.5) is 0 Å². The van der Waals surface area contributed by atoms with Gasteiger partial charge < -0.3 is 14.2 Å². The Morgan fingerprint density at radius 2 is 0.443 bits per heavy atom. The molecular formula is C55H106O6. The topological polar surface area (TPSA) is 78.9 Å². The molecule has 6 nitrogen and oxygen atoms in total. The van der Waals surface area contributed by atoms with Gasteiger partial charge in [0.2, 0.25) is 0 Å². The van der Waals surface area contributed by atoms with Gasteiger partial charge in [-0.1, -0.05) is 278 Å². The van der Waals surface area contributed by atoms with Crippen molar-refractivity contribution in [1.29, 1.82) is 0 Å². The monoisotopic (exact) mass is 863 g/mol. The molecule has 0 bridgehead atoms. The molecule has 0 N–H and O–H groups in total. The quantitative estimate of drug-likeness (QED) is 0.0344. The molecule has 0 aromatic heterocycles. The van der Waals surface area contributed by atoms with Gasteiger partial charge in [-0.15, -0.1) is 0 Å². The lowest BCUT2D eigenvalue weighted by atomic mass is 10.0. The minimum atomic E-state index is -0.759. The summed E-state index contributed by atoms with van der Waals surface area (Å²) in [6, 6.07) is 0. The highest BCUT2D eigenvalue weighted by Gasteiger charge is 2.19. The van der Waals surface area contributed by atoms with Crippen molar-refractivity contribution in [2.45, 2.75) is 322 Å². The first-order chi connectivity index (χ1) is 30.0. The minimum Gasteiger partial charge on any atom is -0.462 e. The number of hydrogen-bond donors (Lipinski definition) is 0. The Balaban J connectivity index is 4.22. The average molecular weight is 863 g/mol. The number of esters is 3. The molecule has 0 rings (SSSR count). The highest BCUT2D eigenvalue weighted by atomic mass is 16.6. The molecule has 0 heterocycles. The minimum absolute atomic E-state index is 0.0616. The zero-order valence-corrected chi connectivity index (χ0v) is 41.5. The first kappa shape index (κ1) is 59.4. The third-order valence-corrected chi connectivity index (χ3v) is 12.6. The molecule has 0 radical (unpaired) electrons. The fraction of sp³-hybridized carbons (Fsp3) is 0.945. The van der Waals surface area contributed by atoms with Gasteiger partial charge in [-0.3, -0.25) is 14.4 Å². The molecule has 362 valence electrons. The van der Waals surface area contributed by atoms with Crippen LogP contribution in [0.15, 0.2) is 0 Å². The van der Waals surface area contributed by atoms with Gasteiger partial charge in [0.1, 0.15) is 13.2 Å². The molecule has 0 aliphatic carbocycles. The second-order valence-corrected chi connectivity index (χ2v) is 18.9. The first-order valence-corrected chi connectivity index (χ1v) is 27.5. The van der Waals surface area contributed by atoms with Crippen molar-refractivity contribution in [1.82, 2.24) is 0 Å². The zero-order valence-electron chi connectivity index (χ0n) is 41.5. The summed E-state index contributed by atoms with van der Waals surface area (Å²) in [6.07, 6.45) is 55.2. The molecule has 0 fully saturated rings. The van der Waals surface area contributed by atoms with E-state index in [1.165, 1.54) is 218 Å². The molecule has 0 aliphatic heterocycles. The molecule has 0 aromatic carbocycles. The summed E-state index contributed by atoms with van der Waals surface area (Å²) in [7, 11) is 0. The number of ether oxygens (including phenoxy) is 3. The normalized spacial score (nSPS) is 11.9. The van der Waals surface area contributed by atoms with Crippen molar-refractivity contribution in [3.05, 3.63) is 0 Å². The van der Waals surface area contributed by atoms with E-state index in [0.29, 0.717) is 19.3 Å². The molecule has 0 saturated carbocycles. The van der Waals surface area contributed by atoms with Gasteiger partial charge in [-0.2, -0.15) is 0 Å². The number of carbonyl (C=O) groups is 3. The molecule has 0 aliphatic rings. The van der Waals surface area contributed by atoms with Crippen LogP contribution in [-0.2, 0) is 28.6 Å². The third-order valence-electron chi connectivity index (χ3n) is 12.6. The van der Waals surface area contributed by atoms with Crippen molar-refractivity contribution in [3.8, 4) is 0 Å². The Morgan fingerprint density at radius 1 is 0.262 bits per heavy atom. The predicted octanol–water partition coefficient (Wildman–Crippen LogP) is 18.0. The molecule has 1 atom stereocenters. The van der Waals surface area contributed by atoms with Crippen LogP contribution in [0.5, 0.6) is 0 Å². The third kappa shape index (κ3) is 49.3. The van der Waals surface area contributed by atoms with E-state index < -0.39 is 6.10 Å². The number of unbranched alkanes of at least 4 members (excludes halogenated alkanes) is 40. The molecule has 0 unspecified atom stereocenters. The SMILES string of the molecule is CCCCCCCCCCCCCCCCCCCCC(=O)OC[C@@H](COC(=O)CCCCCCCCCCC)OC(=O)CCCCCCCCCCCCCCCCCC. The lowest BCUT2D eigenvalue weighted by Crippen LogP contribution is -2.30. The lowest BCUT2D eigenvalue weighted by molar-refractivity contribution is -0.167. The van der Waals surface area contributed by atoms with Gasteiger partial charge in [-0.05, 0) is 19.3 Å². The van der Waals surface area contributed by atoms with E-state index in [9.17, 15) is 14.4 Å².